The third-order valence-electron chi connectivity index (χ3n) is 4.04. The number of hydrogen-bond acceptors (Lipinski definition) is 4. The first kappa shape index (κ1) is 25.2. The fraction of sp³-hybridized carbons (Fsp3) is 0.280. The molecule has 6 heteroatoms. The van der Waals surface area contributed by atoms with Crippen LogP contribution in [-0.2, 0) is 19.1 Å². The molecule has 0 fully saturated rings. The van der Waals surface area contributed by atoms with E-state index in [0.29, 0.717) is 31.6 Å². The van der Waals surface area contributed by atoms with E-state index in [-0.39, 0.29) is 46.7 Å². The van der Waals surface area contributed by atoms with E-state index >= 15 is 0 Å². The summed E-state index contributed by atoms with van der Waals surface area (Å²) in [5.74, 6) is -0.440. The number of hydrogen-bond donors (Lipinski definition) is 0. The molecule has 0 aromatic heterocycles. The average Bonchev–Trinajstić information content (AvgIpc) is 2.79. The first-order valence-corrected chi connectivity index (χ1v) is 13.9. The Balaban J connectivity index is 2.02. The van der Waals surface area contributed by atoms with Gasteiger partial charge in [0.2, 0.25) is 0 Å². The molecule has 0 N–H and O–H groups in total. The molecule has 0 saturated heterocycles. The van der Waals surface area contributed by atoms with Crippen molar-refractivity contribution in [2.75, 3.05) is 13.2 Å². The molecule has 0 aliphatic heterocycles. The van der Waals surface area contributed by atoms with Gasteiger partial charge in [0.15, 0.2) is 0 Å². The predicted molar refractivity (Wildman–Crippen MR) is 127 cm³/mol. The van der Waals surface area contributed by atoms with Gasteiger partial charge in [0.25, 0.3) is 0 Å². The Kier molecular flexibility index (Phi) is 12.0. The Morgan fingerprint density at radius 1 is 0.871 bits per heavy atom. The molecule has 1 unspecified atom stereocenters. The van der Waals surface area contributed by atoms with Gasteiger partial charge in [0.1, 0.15) is 0 Å². The molecule has 0 aliphatic carbocycles. The van der Waals surface area contributed by atoms with Gasteiger partial charge in [0, 0.05) is 0 Å². The summed E-state index contributed by atoms with van der Waals surface area (Å²) in [5.41, 5.74) is 0.656. The first-order chi connectivity index (χ1) is 15.1. The number of rotatable bonds is 12. The third kappa shape index (κ3) is 9.71. The van der Waals surface area contributed by atoms with Crippen LogP contribution in [-0.4, -0.2) is 55.1 Å². The van der Waals surface area contributed by atoms with Gasteiger partial charge >= 0.3 is 198 Å². The van der Waals surface area contributed by atoms with E-state index < -0.39 is 0 Å². The van der Waals surface area contributed by atoms with E-state index in [2.05, 4.69) is 12.1 Å². The van der Waals surface area contributed by atoms with E-state index in [4.69, 9.17) is 9.47 Å². The predicted octanol–water partition coefficient (Wildman–Crippen LogP) is 3.18. The maximum atomic E-state index is 12.4. The Morgan fingerprint density at radius 2 is 1.48 bits per heavy atom. The molecule has 0 amide bonds. The van der Waals surface area contributed by atoms with E-state index in [1.165, 1.54) is 8.92 Å². The summed E-state index contributed by atoms with van der Waals surface area (Å²) in [6.45, 7) is 4.36. The zero-order valence-corrected chi connectivity index (χ0v) is 21.3. The normalized spacial score (nSPS) is 12.5. The third-order valence-corrected chi connectivity index (χ3v) is 8.58. The number of carbonyl (C=O) groups excluding carboxylic acids is 2. The van der Waals surface area contributed by atoms with Crippen molar-refractivity contribution in [1.82, 2.24) is 0 Å². The van der Waals surface area contributed by atoms with Crippen LogP contribution >= 0.6 is 0 Å². The Bertz CT molecular complexity index is 864. The van der Waals surface area contributed by atoms with Crippen LogP contribution in [0.3, 0.4) is 0 Å². The fourth-order valence-corrected chi connectivity index (χ4v) is 6.34. The van der Waals surface area contributed by atoms with Crippen molar-refractivity contribution < 1.29 is 19.1 Å². The van der Waals surface area contributed by atoms with Gasteiger partial charge in [-0.1, -0.05) is 0 Å². The molecule has 1 atom stereocenters. The standard InChI is InChI=1S/C25H28O4Se2/c1-3-28-24(26)20(19-30-21-14-7-5-8-15-21)13-11-12-18-23(25(27)29-4-2)31-22-16-9-6-10-17-22/h5-12,14-17,19,23H,3-4,13,18H2,1-2H3/b12-11+,20-19-. The summed E-state index contributed by atoms with van der Waals surface area (Å²) >= 11 is 0.0369. The summed E-state index contributed by atoms with van der Waals surface area (Å²) in [6, 6.07) is 20.1. The monoisotopic (exact) mass is 552 g/mol. The molecule has 0 saturated carbocycles. The molecular weight excluding hydrogens is 522 g/mol. The quantitative estimate of drug-likeness (QED) is 0.176. The van der Waals surface area contributed by atoms with E-state index in [1.54, 1.807) is 0 Å². The number of esters is 2. The van der Waals surface area contributed by atoms with Gasteiger partial charge in [-0.2, -0.15) is 0 Å². The van der Waals surface area contributed by atoms with Crippen LogP contribution in [0.4, 0.5) is 0 Å². The van der Waals surface area contributed by atoms with Crippen LogP contribution in [0.5, 0.6) is 0 Å². The molecule has 4 nitrogen and oxygen atoms in total. The topological polar surface area (TPSA) is 52.6 Å². The summed E-state index contributed by atoms with van der Waals surface area (Å²) in [6.07, 6.45) is 5.01. The number of benzene rings is 2. The second-order valence-electron chi connectivity index (χ2n) is 6.38. The summed E-state index contributed by atoms with van der Waals surface area (Å²) in [7, 11) is 0. The zero-order chi connectivity index (χ0) is 22.3. The minimum atomic E-state index is -0.277. The van der Waals surface area contributed by atoms with Gasteiger partial charge in [-0.15, -0.1) is 0 Å². The molecule has 2 aromatic carbocycles. The molecule has 0 aliphatic rings. The maximum absolute atomic E-state index is 12.4. The first-order valence-electron chi connectivity index (χ1n) is 10.2. The van der Waals surface area contributed by atoms with Gasteiger partial charge in [-0.25, -0.2) is 0 Å². The molecule has 0 radical (unpaired) electrons. The Labute approximate surface area is 197 Å². The van der Waals surface area contributed by atoms with Crippen molar-refractivity contribution in [2.24, 2.45) is 0 Å². The van der Waals surface area contributed by atoms with Crippen molar-refractivity contribution >= 4 is 50.8 Å². The van der Waals surface area contributed by atoms with Crippen LogP contribution in [0.2, 0.25) is 4.82 Å². The Hall–Kier alpha value is -2.10. The van der Waals surface area contributed by atoms with Crippen molar-refractivity contribution in [3.8, 4) is 0 Å². The van der Waals surface area contributed by atoms with E-state index in [9.17, 15) is 9.59 Å². The van der Waals surface area contributed by atoms with Gasteiger partial charge < -0.3 is 0 Å². The van der Waals surface area contributed by atoms with Crippen LogP contribution in [0, 0.1) is 0 Å². The molecular formula is C25H28O4Se2. The molecule has 0 bridgehead atoms. The van der Waals surface area contributed by atoms with Crippen molar-refractivity contribution in [3.05, 3.63) is 83.4 Å². The molecule has 0 heterocycles. The summed E-state index contributed by atoms with van der Waals surface area (Å²) < 4.78 is 12.9. The van der Waals surface area contributed by atoms with Crippen LogP contribution in [0.25, 0.3) is 0 Å². The van der Waals surface area contributed by atoms with E-state index in [1.807, 2.05) is 79.5 Å². The Morgan fingerprint density at radius 3 is 2.10 bits per heavy atom. The minimum absolute atomic E-state index is 0.0198. The van der Waals surface area contributed by atoms with Gasteiger partial charge in [0.05, 0.1) is 0 Å². The average molecular weight is 550 g/mol. The molecule has 2 aromatic rings. The molecule has 164 valence electrons. The number of carbonyl (C=O) groups is 2. The number of ether oxygens (including phenoxy) is 2. The second kappa shape index (κ2) is 14.8. The van der Waals surface area contributed by atoms with E-state index in [0.717, 1.165) is 0 Å². The SMILES string of the molecule is CCOC(=O)/C(=C\[Se]c1ccccc1)C/C=C/CC([Se]c1ccccc1)C(=O)OCC. The van der Waals surface area contributed by atoms with Crippen LogP contribution in [0.1, 0.15) is 26.7 Å². The fourth-order valence-electron chi connectivity index (χ4n) is 2.56. The second-order valence-corrected chi connectivity index (χ2v) is 11.0. The molecule has 31 heavy (non-hydrogen) atoms. The molecule has 2 rings (SSSR count). The van der Waals surface area contributed by atoms with Crippen LogP contribution < -0.4 is 8.92 Å². The number of allylic oxidation sites excluding steroid dienone is 2. The van der Waals surface area contributed by atoms with Gasteiger partial charge in [-0.3, -0.25) is 0 Å². The zero-order valence-electron chi connectivity index (χ0n) is 17.9. The van der Waals surface area contributed by atoms with Crippen molar-refractivity contribution in [1.29, 1.82) is 0 Å². The summed E-state index contributed by atoms with van der Waals surface area (Å²) in [4.78, 5) is 26.5. The summed E-state index contributed by atoms with van der Waals surface area (Å²) in [5, 5.41) is 0. The van der Waals surface area contributed by atoms with Gasteiger partial charge in [-0.05, 0) is 0 Å². The van der Waals surface area contributed by atoms with Crippen LogP contribution in [0.15, 0.2) is 83.4 Å². The van der Waals surface area contributed by atoms with Crippen molar-refractivity contribution in [3.63, 3.8) is 0 Å². The van der Waals surface area contributed by atoms with Crippen molar-refractivity contribution in [2.45, 2.75) is 31.5 Å². The molecule has 0 spiro atoms.